The van der Waals surface area contributed by atoms with Crippen LogP contribution >= 0.6 is 0 Å². The second-order valence-corrected chi connectivity index (χ2v) is 5.55. The quantitative estimate of drug-likeness (QED) is 0.690. The van der Waals surface area contributed by atoms with Crippen LogP contribution in [0.25, 0.3) is 0 Å². The zero-order chi connectivity index (χ0) is 14.1. The molecule has 0 spiro atoms. The van der Waals surface area contributed by atoms with Crippen molar-refractivity contribution in [2.45, 2.75) is 24.8 Å². The fourth-order valence-electron chi connectivity index (χ4n) is 3.26. The highest BCUT2D eigenvalue weighted by Gasteiger charge is 2.41. The lowest BCUT2D eigenvalue weighted by Gasteiger charge is -2.37. The van der Waals surface area contributed by atoms with Crippen molar-refractivity contribution in [3.63, 3.8) is 0 Å². The molecule has 2 aliphatic rings. The molecule has 1 saturated heterocycles. The monoisotopic (exact) mass is 273 g/mol. The molecule has 1 aromatic carbocycles. The number of para-hydroxylation sites is 1. The van der Waals surface area contributed by atoms with Crippen molar-refractivity contribution < 1.29 is 9.59 Å². The van der Waals surface area contributed by atoms with Crippen molar-refractivity contribution in [3.8, 4) is 0 Å². The van der Waals surface area contributed by atoms with E-state index in [1.807, 2.05) is 18.2 Å². The van der Waals surface area contributed by atoms with Gasteiger partial charge in [-0.15, -0.1) is 0 Å². The molecule has 5 nitrogen and oxygen atoms in total. The molecule has 106 valence electrons. The Morgan fingerprint density at radius 1 is 1.30 bits per heavy atom. The molecule has 1 amide bonds. The van der Waals surface area contributed by atoms with Crippen molar-refractivity contribution in [2.24, 2.45) is 11.7 Å². The third-order valence-electron chi connectivity index (χ3n) is 4.26. The summed E-state index contributed by atoms with van der Waals surface area (Å²) >= 11 is 0. The summed E-state index contributed by atoms with van der Waals surface area (Å²) in [6.07, 6.45) is 2.04. The SMILES string of the molecule is NC(=O)C1C(=O)C(C2CCCNC2)Nc2ccccc21. The number of amides is 1. The second kappa shape index (κ2) is 5.25. The van der Waals surface area contributed by atoms with Crippen LogP contribution in [0.5, 0.6) is 0 Å². The van der Waals surface area contributed by atoms with Gasteiger partial charge in [0, 0.05) is 12.2 Å². The average molecular weight is 273 g/mol. The molecule has 2 aliphatic heterocycles. The zero-order valence-electron chi connectivity index (χ0n) is 11.3. The zero-order valence-corrected chi connectivity index (χ0v) is 11.3. The van der Waals surface area contributed by atoms with E-state index >= 15 is 0 Å². The number of hydrogen-bond acceptors (Lipinski definition) is 4. The van der Waals surface area contributed by atoms with E-state index in [-0.39, 0.29) is 17.7 Å². The number of anilines is 1. The van der Waals surface area contributed by atoms with Gasteiger partial charge in [-0.25, -0.2) is 0 Å². The van der Waals surface area contributed by atoms with Crippen molar-refractivity contribution in [1.82, 2.24) is 5.32 Å². The molecule has 3 unspecified atom stereocenters. The van der Waals surface area contributed by atoms with Crippen molar-refractivity contribution in [3.05, 3.63) is 29.8 Å². The lowest BCUT2D eigenvalue weighted by Crippen LogP contribution is -2.50. The summed E-state index contributed by atoms with van der Waals surface area (Å²) < 4.78 is 0. The summed E-state index contributed by atoms with van der Waals surface area (Å²) in [5.41, 5.74) is 7.01. The Kier molecular flexibility index (Phi) is 3.44. The van der Waals surface area contributed by atoms with Crippen LogP contribution in [0.2, 0.25) is 0 Å². The Labute approximate surface area is 117 Å². The molecule has 0 aromatic heterocycles. The number of rotatable bonds is 2. The first-order valence-corrected chi connectivity index (χ1v) is 7.07. The third-order valence-corrected chi connectivity index (χ3v) is 4.26. The van der Waals surface area contributed by atoms with Gasteiger partial charge in [0.25, 0.3) is 0 Å². The van der Waals surface area contributed by atoms with E-state index in [1.165, 1.54) is 0 Å². The largest absolute Gasteiger partial charge is 0.375 e. The van der Waals surface area contributed by atoms with Crippen LogP contribution in [0.3, 0.4) is 0 Å². The lowest BCUT2D eigenvalue weighted by molar-refractivity contribution is -0.130. The van der Waals surface area contributed by atoms with Gasteiger partial charge in [-0.05, 0) is 36.9 Å². The maximum absolute atomic E-state index is 12.6. The fraction of sp³-hybridized carbons (Fsp3) is 0.467. The van der Waals surface area contributed by atoms with Gasteiger partial charge in [-0.2, -0.15) is 0 Å². The van der Waals surface area contributed by atoms with E-state index in [9.17, 15) is 9.59 Å². The Hall–Kier alpha value is -1.88. The van der Waals surface area contributed by atoms with Crippen LogP contribution in [-0.2, 0) is 9.59 Å². The Balaban J connectivity index is 1.95. The van der Waals surface area contributed by atoms with E-state index in [4.69, 9.17) is 5.73 Å². The smallest absolute Gasteiger partial charge is 0.232 e. The maximum atomic E-state index is 12.6. The molecule has 0 saturated carbocycles. The van der Waals surface area contributed by atoms with Gasteiger partial charge in [-0.1, -0.05) is 18.2 Å². The van der Waals surface area contributed by atoms with E-state index in [2.05, 4.69) is 10.6 Å². The normalized spacial score (nSPS) is 29.4. The maximum Gasteiger partial charge on any atom is 0.232 e. The summed E-state index contributed by atoms with van der Waals surface area (Å²) in [6.45, 7) is 1.80. The molecular weight excluding hydrogens is 254 g/mol. The fourth-order valence-corrected chi connectivity index (χ4v) is 3.26. The predicted octanol–water partition coefficient (Wildman–Crippen LogP) is 0.618. The molecular formula is C15H19N3O2. The first-order chi connectivity index (χ1) is 9.68. The summed E-state index contributed by atoms with van der Waals surface area (Å²) in [6, 6.07) is 7.10. The lowest BCUT2D eigenvalue weighted by atomic mass is 9.78. The minimum Gasteiger partial charge on any atom is -0.375 e. The number of nitrogens with two attached hydrogens (primary N) is 1. The standard InChI is InChI=1S/C15H19N3O2/c16-15(20)12-10-5-1-2-6-11(10)18-13(14(12)19)9-4-3-7-17-8-9/h1-2,5-6,9,12-13,17-18H,3-4,7-8H2,(H2,16,20). The van der Waals surface area contributed by atoms with Crippen LogP contribution in [0.15, 0.2) is 24.3 Å². The number of carbonyl (C=O) groups is 2. The molecule has 3 atom stereocenters. The third kappa shape index (κ3) is 2.18. The topological polar surface area (TPSA) is 84.2 Å². The highest BCUT2D eigenvalue weighted by atomic mass is 16.2. The van der Waals surface area contributed by atoms with Gasteiger partial charge in [-0.3, -0.25) is 9.59 Å². The van der Waals surface area contributed by atoms with Gasteiger partial charge in [0.15, 0.2) is 5.78 Å². The molecule has 2 heterocycles. The van der Waals surface area contributed by atoms with Crippen molar-refractivity contribution in [1.29, 1.82) is 0 Å². The molecule has 0 aliphatic carbocycles. The average Bonchev–Trinajstić information content (AvgIpc) is 2.47. The van der Waals surface area contributed by atoms with Gasteiger partial charge in [0.1, 0.15) is 5.92 Å². The number of nitrogens with one attached hydrogen (secondary N) is 2. The predicted molar refractivity (Wildman–Crippen MR) is 76.4 cm³/mol. The molecule has 1 aromatic rings. The van der Waals surface area contributed by atoms with Gasteiger partial charge in [0.2, 0.25) is 5.91 Å². The minimum absolute atomic E-state index is 0.0927. The number of primary amides is 1. The molecule has 0 bridgehead atoms. The molecule has 5 heteroatoms. The summed E-state index contributed by atoms with van der Waals surface area (Å²) in [4.78, 5) is 24.4. The first kappa shape index (κ1) is 13.1. The Morgan fingerprint density at radius 2 is 2.10 bits per heavy atom. The van der Waals surface area contributed by atoms with Crippen molar-refractivity contribution in [2.75, 3.05) is 18.4 Å². The first-order valence-electron chi connectivity index (χ1n) is 7.07. The molecule has 4 N–H and O–H groups in total. The number of benzene rings is 1. The number of fused-ring (bicyclic) bond motifs is 1. The van der Waals surface area contributed by atoms with E-state index in [0.717, 1.165) is 31.6 Å². The van der Waals surface area contributed by atoms with Gasteiger partial charge in [0.05, 0.1) is 6.04 Å². The Bertz CT molecular complexity index is 538. The number of piperidine rings is 1. The Morgan fingerprint density at radius 3 is 2.80 bits per heavy atom. The summed E-state index contributed by atoms with van der Waals surface area (Å²) in [5.74, 6) is -1.26. The number of carbonyl (C=O) groups excluding carboxylic acids is 2. The van der Waals surface area contributed by atoms with Crippen LogP contribution in [0.1, 0.15) is 24.3 Å². The van der Waals surface area contributed by atoms with Crippen LogP contribution < -0.4 is 16.4 Å². The van der Waals surface area contributed by atoms with E-state index in [1.54, 1.807) is 6.07 Å². The highest BCUT2D eigenvalue weighted by molar-refractivity contribution is 6.12. The molecule has 3 rings (SSSR count). The summed E-state index contributed by atoms with van der Waals surface area (Å²) in [5, 5.41) is 6.62. The van der Waals surface area contributed by atoms with E-state index < -0.39 is 11.8 Å². The highest BCUT2D eigenvalue weighted by Crippen LogP contribution is 2.35. The molecule has 0 radical (unpaired) electrons. The molecule has 20 heavy (non-hydrogen) atoms. The van der Waals surface area contributed by atoms with Crippen LogP contribution in [0.4, 0.5) is 5.69 Å². The van der Waals surface area contributed by atoms with Crippen LogP contribution in [-0.4, -0.2) is 30.8 Å². The minimum atomic E-state index is -0.820. The van der Waals surface area contributed by atoms with Gasteiger partial charge < -0.3 is 16.4 Å². The van der Waals surface area contributed by atoms with Gasteiger partial charge >= 0.3 is 0 Å². The second-order valence-electron chi connectivity index (χ2n) is 5.55. The van der Waals surface area contributed by atoms with Crippen molar-refractivity contribution >= 4 is 17.4 Å². The summed E-state index contributed by atoms with van der Waals surface area (Å²) in [7, 11) is 0. The molecule has 1 fully saturated rings. The number of ketones is 1. The number of Topliss-reactive ketones (excluding diaryl/α,β-unsaturated/α-hetero) is 1. The van der Waals surface area contributed by atoms with E-state index in [0.29, 0.717) is 5.56 Å². The van der Waals surface area contributed by atoms with Crippen LogP contribution in [0, 0.1) is 5.92 Å². The number of hydrogen-bond donors (Lipinski definition) is 3.